The largest absolute Gasteiger partial charge is 0.496 e. The molecule has 1 N–H and O–H groups in total. The van der Waals surface area contributed by atoms with Gasteiger partial charge in [-0.25, -0.2) is 9.59 Å². The van der Waals surface area contributed by atoms with Gasteiger partial charge in [-0.1, -0.05) is 30.3 Å². The standard InChI is InChI=1S/C30H19N3O8.C2H4O2/c1-38-21-11-10-16(12-17(21)14-32-15-18(13-31-32)33(36)37)24-25-27(19-6-2-4-8-22(19)39-29(25)34)41-28-20-7-3-5-9-23(20)40-30(35)26(24)28;1-2(3)4/h2-13,15,24H,14H2,1H3;1H3,(H,3,4). The number of carboxylic acids is 1. The smallest absolute Gasteiger partial charge is 0.344 e. The average molecular weight is 610 g/mol. The first kappa shape index (κ1) is 28.9. The molecule has 0 amide bonds. The second-order valence-electron chi connectivity index (χ2n) is 10.0. The van der Waals surface area contributed by atoms with Crippen LogP contribution in [0.1, 0.15) is 35.1 Å². The maximum atomic E-state index is 13.5. The molecule has 1 aliphatic rings. The Morgan fingerprint density at radius 3 is 2.04 bits per heavy atom. The fourth-order valence-corrected chi connectivity index (χ4v) is 5.38. The van der Waals surface area contributed by atoms with Gasteiger partial charge in [-0.15, -0.1) is 0 Å². The molecule has 4 heterocycles. The number of methoxy groups -OCH3 is 1. The zero-order valence-electron chi connectivity index (χ0n) is 23.8. The minimum absolute atomic E-state index is 0.131. The van der Waals surface area contributed by atoms with Gasteiger partial charge in [0, 0.05) is 12.5 Å². The average Bonchev–Trinajstić information content (AvgIpc) is 3.49. The highest BCUT2D eigenvalue weighted by atomic mass is 16.6. The molecule has 226 valence electrons. The summed E-state index contributed by atoms with van der Waals surface area (Å²) in [5.74, 6) is -0.655. The Kier molecular flexibility index (Phi) is 7.34. The van der Waals surface area contributed by atoms with Crippen LogP contribution in [0.2, 0.25) is 0 Å². The van der Waals surface area contributed by atoms with Crippen LogP contribution in [0.4, 0.5) is 5.69 Å². The van der Waals surface area contributed by atoms with Gasteiger partial charge in [0.15, 0.2) is 0 Å². The van der Waals surface area contributed by atoms with Gasteiger partial charge in [0.1, 0.15) is 40.8 Å². The third-order valence-corrected chi connectivity index (χ3v) is 7.18. The first-order valence-corrected chi connectivity index (χ1v) is 13.5. The van der Waals surface area contributed by atoms with Crippen molar-refractivity contribution in [3.8, 4) is 17.2 Å². The SMILES string of the molecule is CC(=O)O.COc1ccc(C2c3c(c4ccccc4oc3=O)Oc3c2c(=O)oc2ccccc32)cc1Cn1cc([N+](=O)[O-])cn1. The zero-order valence-corrected chi connectivity index (χ0v) is 23.8. The van der Waals surface area contributed by atoms with Crippen LogP contribution in [-0.2, 0) is 11.3 Å². The van der Waals surface area contributed by atoms with E-state index in [4.69, 9.17) is 28.2 Å². The molecular formula is C32H23N3O10. The molecule has 0 unspecified atom stereocenters. The summed E-state index contributed by atoms with van der Waals surface area (Å²) >= 11 is 0. The lowest BCUT2D eigenvalue weighted by Crippen LogP contribution is -2.26. The Bertz CT molecular complexity index is 2150. The van der Waals surface area contributed by atoms with Crippen LogP contribution in [-0.4, -0.2) is 32.9 Å². The van der Waals surface area contributed by atoms with Crippen molar-refractivity contribution in [1.29, 1.82) is 0 Å². The first-order valence-electron chi connectivity index (χ1n) is 13.5. The number of para-hydroxylation sites is 2. The van der Waals surface area contributed by atoms with Gasteiger partial charge in [0.25, 0.3) is 5.97 Å². The molecule has 0 aliphatic carbocycles. The van der Waals surface area contributed by atoms with Gasteiger partial charge >= 0.3 is 16.9 Å². The van der Waals surface area contributed by atoms with Crippen LogP contribution in [0.3, 0.4) is 0 Å². The molecule has 45 heavy (non-hydrogen) atoms. The first-order chi connectivity index (χ1) is 21.7. The number of aromatic nitrogens is 2. The number of nitro groups is 1. The zero-order chi connectivity index (χ0) is 31.8. The van der Waals surface area contributed by atoms with Gasteiger partial charge in [-0.05, 0) is 42.0 Å². The second-order valence-corrected chi connectivity index (χ2v) is 10.0. The van der Waals surface area contributed by atoms with Gasteiger partial charge in [0.05, 0.1) is 46.4 Å². The predicted octanol–water partition coefficient (Wildman–Crippen LogP) is 5.44. The molecule has 0 radical (unpaired) electrons. The van der Waals surface area contributed by atoms with Crippen molar-refractivity contribution in [2.75, 3.05) is 7.11 Å². The summed E-state index contributed by atoms with van der Waals surface area (Å²) in [6.07, 6.45) is 2.47. The highest BCUT2D eigenvalue weighted by molar-refractivity contribution is 5.90. The van der Waals surface area contributed by atoms with E-state index in [0.29, 0.717) is 50.3 Å². The van der Waals surface area contributed by atoms with Crippen LogP contribution in [0.25, 0.3) is 21.9 Å². The number of carbonyl (C=O) groups is 1. The molecule has 1 aliphatic heterocycles. The number of hydrogen-bond donors (Lipinski definition) is 1. The molecule has 0 fully saturated rings. The summed E-state index contributed by atoms with van der Waals surface area (Å²) in [7, 11) is 1.50. The van der Waals surface area contributed by atoms with Crippen LogP contribution >= 0.6 is 0 Å². The molecule has 13 nitrogen and oxygen atoms in total. The number of nitrogens with zero attached hydrogens (tertiary/aromatic N) is 3. The lowest BCUT2D eigenvalue weighted by Gasteiger charge is -2.28. The highest BCUT2D eigenvalue weighted by Gasteiger charge is 2.38. The topological polar surface area (TPSA) is 177 Å². The van der Waals surface area contributed by atoms with E-state index in [2.05, 4.69) is 5.10 Å². The second kappa shape index (κ2) is 11.4. The maximum absolute atomic E-state index is 13.5. The van der Waals surface area contributed by atoms with Crippen molar-refractivity contribution in [2.24, 2.45) is 0 Å². The fourth-order valence-electron chi connectivity index (χ4n) is 5.38. The maximum Gasteiger partial charge on any atom is 0.344 e. The number of aliphatic carboxylic acids is 1. The van der Waals surface area contributed by atoms with E-state index in [1.807, 2.05) is 12.1 Å². The molecule has 0 bridgehead atoms. The van der Waals surface area contributed by atoms with Crippen molar-refractivity contribution in [2.45, 2.75) is 19.4 Å². The molecule has 13 heteroatoms. The van der Waals surface area contributed by atoms with Crippen molar-refractivity contribution >= 4 is 33.6 Å². The van der Waals surface area contributed by atoms with E-state index >= 15 is 0 Å². The Balaban J connectivity index is 0.000000845. The molecular weight excluding hydrogens is 586 g/mol. The van der Waals surface area contributed by atoms with Gasteiger partial charge < -0.3 is 23.4 Å². The molecule has 0 atom stereocenters. The lowest BCUT2D eigenvalue weighted by molar-refractivity contribution is -0.385. The van der Waals surface area contributed by atoms with E-state index in [1.165, 1.54) is 18.0 Å². The van der Waals surface area contributed by atoms with Crippen molar-refractivity contribution < 1.29 is 33.1 Å². The Morgan fingerprint density at radius 2 is 1.53 bits per heavy atom. The number of hydrogen-bond acceptors (Lipinski definition) is 10. The summed E-state index contributed by atoms with van der Waals surface area (Å²) in [4.78, 5) is 46.7. The lowest BCUT2D eigenvalue weighted by atomic mass is 9.82. The normalized spacial score (nSPS) is 12.0. The monoisotopic (exact) mass is 609 g/mol. The molecule has 0 saturated carbocycles. The van der Waals surface area contributed by atoms with Crippen LogP contribution in [0.5, 0.6) is 17.2 Å². The molecule has 0 spiro atoms. The van der Waals surface area contributed by atoms with Gasteiger partial charge in [-0.3, -0.25) is 19.6 Å². The summed E-state index contributed by atoms with van der Waals surface area (Å²) in [5, 5.41) is 23.8. The summed E-state index contributed by atoms with van der Waals surface area (Å²) < 4.78 is 24.7. The molecule has 7 rings (SSSR count). The molecule has 3 aromatic carbocycles. The summed E-state index contributed by atoms with van der Waals surface area (Å²) in [6, 6.07) is 19.3. The quantitative estimate of drug-likeness (QED) is 0.149. The predicted molar refractivity (Wildman–Crippen MR) is 160 cm³/mol. The molecule has 6 aromatic rings. The number of fused-ring (bicyclic) bond motifs is 6. The molecule has 3 aromatic heterocycles. The van der Waals surface area contributed by atoms with Crippen molar-refractivity contribution in [1.82, 2.24) is 9.78 Å². The third kappa shape index (κ3) is 5.27. The van der Waals surface area contributed by atoms with E-state index in [-0.39, 0.29) is 23.4 Å². The van der Waals surface area contributed by atoms with Crippen LogP contribution in [0, 0.1) is 10.1 Å². The van der Waals surface area contributed by atoms with Crippen molar-refractivity contribution in [3.05, 3.63) is 132 Å². The summed E-state index contributed by atoms with van der Waals surface area (Å²) in [5.41, 5.74) is 0.744. The van der Waals surface area contributed by atoms with E-state index in [1.54, 1.807) is 54.6 Å². The van der Waals surface area contributed by atoms with E-state index < -0.39 is 28.1 Å². The fraction of sp³-hybridized carbons (Fsp3) is 0.125. The minimum Gasteiger partial charge on any atom is -0.496 e. The van der Waals surface area contributed by atoms with Crippen LogP contribution < -0.4 is 20.7 Å². The molecule has 0 saturated heterocycles. The highest BCUT2D eigenvalue weighted by Crippen LogP contribution is 2.49. The Morgan fingerprint density at radius 1 is 0.978 bits per heavy atom. The number of carboxylic acid groups (broad SMARTS) is 1. The van der Waals surface area contributed by atoms with Gasteiger partial charge in [0.2, 0.25) is 0 Å². The van der Waals surface area contributed by atoms with E-state index in [0.717, 1.165) is 13.1 Å². The minimum atomic E-state index is -0.910. The van der Waals surface area contributed by atoms with Crippen molar-refractivity contribution in [3.63, 3.8) is 0 Å². The summed E-state index contributed by atoms with van der Waals surface area (Å²) in [6.45, 7) is 1.21. The van der Waals surface area contributed by atoms with E-state index in [9.17, 15) is 19.7 Å². The third-order valence-electron chi connectivity index (χ3n) is 7.18. The Hall–Kier alpha value is -6.24. The number of rotatable bonds is 5. The van der Waals surface area contributed by atoms with Crippen LogP contribution in [0.15, 0.2) is 97.5 Å². The Labute approximate surface area is 252 Å². The number of ether oxygens (including phenoxy) is 2. The number of benzene rings is 3. The van der Waals surface area contributed by atoms with Gasteiger partial charge in [-0.2, -0.15) is 5.10 Å².